The average Bonchev–Trinajstić information content (AvgIpc) is 3.14. The Kier molecular flexibility index (Phi) is 4.27. The van der Waals surface area contributed by atoms with E-state index in [0.717, 1.165) is 0 Å². The fraction of sp³-hybridized carbons (Fsp3) is 0.824. The van der Waals surface area contributed by atoms with Gasteiger partial charge in [-0.3, -0.25) is 14.4 Å². The van der Waals surface area contributed by atoms with Gasteiger partial charge in [0.1, 0.15) is 12.2 Å². The van der Waals surface area contributed by atoms with Gasteiger partial charge in [-0.2, -0.15) is 13.2 Å². The van der Waals surface area contributed by atoms with Gasteiger partial charge in [-0.15, -0.1) is 0 Å². The van der Waals surface area contributed by atoms with Crippen molar-refractivity contribution in [2.45, 2.75) is 58.4 Å². The second-order valence-electron chi connectivity index (χ2n) is 7.95. The van der Waals surface area contributed by atoms with Crippen LogP contribution in [-0.4, -0.2) is 42.9 Å². The highest BCUT2D eigenvalue weighted by Gasteiger charge is 2.75. The smallest absolute Gasteiger partial charge is 0.422 e. The number of rotatable bonds is 5. The molecule has 0 amide bonds. The molecule has 1 aliphatic heterocycles. The molecule has 0 aromatic carbocycles. The maximum absolute atomic E-state index is 12.3. The minimum atomic E-state index is -4.67. The molecule has 3 fully saturated rings. The monoisotopic (exact) mass is 378 g/mol. The molecular weight excluding hydrogens is 357 g/mol. The quantitative estimate of drug-likeness (QED) is 0.415. The van der Waals surface area contributed by atoms with Crippen LogP contribution in [0.4, 0.5) is 13.2 Å². The van der Waals surface area contributed by atoms with Crippen molar-refractivity contribution in [1.29, 1.82) is 0 Å². The first kappa shape index (κ1) is 19.0. The van der Waals surface area contributed by atoms with E-state index in [2.05, 4.69) is 4.74 Å². The Hall–Kier alpha value is -1.80. The molecule has 0 aromatic rings. The second-order valence-corrected chi connectivity index (χ2v) is 7.95. The number of hydrogen-bond acceptors (Lipinski definition) is 6. The van der Waals surface area contributed by atoms with Crippen molar-refractivity contribution >= 4 is 17.9 Å². The van der Waals surface area contributed by atoms with Gasteiger partial charge in [-0.05, 0) is 33.1 Å². The van der Waals surface area contributed by atoms with E-state index in [1.165, 1.54) is 0 Å². The van der Waals surface area contributed by atoms with Crippen LogP contribution >= 0.6 is 0 Å². The standard InChI is InChI=1S/C17H21F3O6/c1-4-15(2,3)12(21)25-10-8-5-9-11(10)26-14(23)16(9,6-8)13(22)24-7-17(18,19)20/h8-11H,4-7H2,1-3H3. The zero-order valence-electron chi connectivity index (χ0n) is 14.7. The first-order valence-electron chi connectivity index (χ1n) is 8.58. The van der Waals surface area contributed by atoms with Crippen LogP contribution in [0.25, 0.3) is 0 Å². The van der Waals surface area contributed by atoms with Gasteiger partial charge in [0.05, 0.1) is 5.41 Å². The first-order valence-corrected chi connectivity index (χ1v) is 8.58. The van der Waals surface area contributed by atoms with Gasteiger partial charge in [-0.25, -0.2) is 0 Å². The lowest BCUT2D eigenvalue weighted by molar-refractivity contribution is -0.196. The van der Waals surface area contributed by atoms with E-state index < -0.39 is 59.6 Å². The number of carbonyl (C=O) groups is 3. The SMILES string of the molecule is CCC(C)(C)C(=O)OC1C2CC3C1OC(=O)C3(C(=O)OCC(F)(F)F)C2. The maximum Gasteiger partial charge on any atom is 0.422 e. The summed E-state index contributed by atoms with van der Waals surface area (Å²) in [5, 5.41) is 0. The molecule has 0 aromatic heterocycles. The second kappa shape index (κ2) is 5.85. The molecule has 0 N–H and O–H groups in total. The van der Waals surface area contributed by atoms with Crippen LogP contribution in [0.15, 0.2) is 0 Å². The van der Waals surface area contributed by atoms with E-state index in [0.29, 0.717) is 12.8 Å². The lowest BCUT2D eigenvalue weighted by Crippen LogP contribution is -2.46. The number of ether oxygens (including phenoxy) is 3. The molecule has 0 spiro atoms. The third kappa shape index (κ3) is 2.75. The van der Waals surface area contributed by atoms with Crippen LogP contribution < -0.4 is 0 Å². The third-order valence-corrected chi connectivity index (χ3v) is 5.98. The summed E-state index contributed by atoms with van der Waals surface area (Å²) >= 11 is 0. The van der Waals surface area contributed by atoms with E-state index in [1.807, 2.05) is 6.92 Å². The molecule has 0 radical (unpaired) electrons. The minimum Gasteiger partial charge on any atom is -0.458 e. The molecule has 6 nitrogen and oxygen atoms in total. The highest BCUT2D eigenvalue weighted by Crippen LogP contribution is 2.63. The lowest BCUT2D eigenvalue weighted by Gasteiger charge is -2.32. The summed E-state index contributed by atoms with van der Waals surface area (Å²) < 4.78 is 52.2. The zero-order chi connectivity index (χ0) is 19.5. The van der Waals surface area contributed by atoms with Gasteiger partial charge in [-0.1, -0.05) is 6.92 Å². The molecule has 2 saturated carbocycles. The number of esters is 3. The summed E-state index contributed by atoms with van der Waals surface area (Å²) in [7, 11) is 0. The normalized spacial score (nSPS) is 35.4. The average molecular weight is 378 g/mol. The highest BCUT2D eigenvalue weighted by atomic mass is 19.4. The fourth-order valence-corrected chi connectivity index (χ4v) is 4.14. The van der Waals surface area contributed by atoms with Crippen LogP contribution in [-0.2, 0) is 28.6 Å². The number of carbonyl (C=O) groups excluding carboxylic acids is 3. The Morgan fingerprint density at radius 1 is 1.31 bits per heavy atom. The predicted molar refractivity (Wildman–Crippen MR) is 79.5 cm³/mol. The van der Waals surface area contributed by atoms with Crippen LogP contribution in [0.2, 0.25) is 0 Å². The molecule has 3 aliphatic rings. The summed E-state index contributed by atoms with van der Waals surface area (Å²) in [6.45, 7) is 3.58. The van der Waals surface area contributed by atoms with E-state index >= 15 is 0 Å². The van der Waals surface area contributed by atoms with Gasteiger partial charge < -0.3 is 14.2 Å². The summed E-state index contributed by atoms with van der Waals surface area (Å²) in [6, 6.07) is 0. The molecule has 1 saturated heterocycles. The van der Waals surface area contributed by atoms with Crippen molar-refractivity contribution in [3.8, 4) is 0 Å². The van der Waals surface area contributed by atoms with E-state index in [9.17, 15) is 27.6 Å². The van der Waals surface area contributed by atoms with Crippen molar-refractivity contribution in [2.24, 2.45) is 22.7 Å². The van der Waals surface area contributed by atoms with E-state index in [-0.39, 0.29) is 12.3 Å². The molecule has 2 aliphatic carbocycles. The van der Waals surface area contributed by atoms with Crippen LogP contribution in [0.3, 0.4) is 0 Å². The predicted octanol–water partition coefficient (Wildman–Crippen LogP) is 2.39. The minimum absolute atomic E-state index is 0.0197. The van der Waals surface area contributed by atoms with Gasteiger partial charge in [0.25, 0.3) is 0 Å². The number of fused-ring (bicyclic) bond motifs is 1. The van der Waals surface area contributed by atoms with Crippen molar-refractivity contribution in [2.75, 3.05) is 6.61 Å². The Labute approximate surface area is 148 Å². The number of alkyl halides is 3. The molecule has 9 heteroatoms. The molecule has 3 rings (SSSR count). The lowest BCUT2D eigenvalue weighted by atomic mass is 9.73. The van der Waals surface area contributed by atoms with Crippen molar-refractivity contribution < 1.29 is 41.8 Å². The zero-order valence-corrected chi connectivity index (χ0v) is 14.7. The maximum atomic E-state index is 12.3. The molecule has 26 heavy (non-hydrogen) atoms. The summed E-state index contributed by atoms with van der Waals surface area (Å²) in [5.41, 5.74) is -2.41. The van der Waals surface area contributed by atoms with Crippen LogP contribution in [0, 0.1) is 22.7 Å². The Morgan fingerprint density at radius 3 is 2.54 bits per heavy atom. The van der Waals surface area contributed by atoms with Crippen LogP contribution in [0.5, 0.6) is 0 Å². The van der Waals surface area contributed by atoms with E-state index in [4.69, 9.17) is 9.47 Å². The first-order chi connectivity index (χ1) is 11.9. The molecule has 2 bridgehead atoms. The summed E-state index contributed by atoms with van der Waals surface area (Å²) in [4.78, 5) is 36.9. The van der Waals surface area contributed by atoms with Gasteiger partial charge in [0.15, 0.2) is 12.0 Å². The van der Waals surface area contributed by atoms with Gasteiger partial charge in [0, 0.05) is 11.8 Å². The molecule has 1 heterocycles. The molecular formula is C17H21F3O6. The molecule has 5 unspecified atom stereocenters. The largest absolute Gasteiger partial charge is 0.458 e. The molecule has 5 atom stereocenters. The Balaban J connectivity index is 1.74. The van der Waals surface area contributed by atoms with E-state index in [1.54, 1.807) is 13.8 Å². The Bertz CT molecular complexity index is 643. The highest BCUT2D eigenvalue weighted by molar-refractivity contribution is 6.03. The molecule has 146 valence electrons. The fourth-order valence-electron chi connectivity index (χ4n) is 4.14. The summed E-state index contributed by atoms with van der Waals surface area (Å²) in [5.74, 6) is -3.44. The Morgan fingerprint density at radius 2 is 1.96 bits per heavy atom. The van der Waals surface area contributed by atoms with Crippen molar-refractivity contribution in [1.82, 2.24) is 0 Å². The third-order valence-electron chi connectivity index (χ3n) is 5.98. The van der Waals surface area contributed by atoms with Gasteiger partial charge in [0.2, 0.25) is 0 Å². The number of halogens is 3. The van der Waals surface area contributed by atoms with Crippen LogP contribution in [0.1, 0.15) is 40.0 Å². The van der Waals surface area contributed by atoms with Gasteiger partial charge >= 0.3 is 24.1 Å². The van der Waals surface area contributed by atoms with Crippen molar-refractivity contribution in [3.63, 3.8) is 0 Å². The van der Waals surface area contributed by atoms with Crippen molar-refractivity contribution in [3.05, 3.63) is 0 Å². The topological polar surface area (TPSA) is 78.9 Å². The summed E-state index contributed by atoms with van der Waals surface area (Å²) in [6.07, 6.45) is -5.24. The number of hydrogen-bond donors (Lipinski definition) is 0.